The quantitative estimate of drug-likeness (QED) is 0.566. The topological polar surface area (TPSA) is 76.5 Å². The number of carbonyl (C=O) groups excluding carboxylic acids is 2. The molecule has 0 aliphatic carbocycles. The molecular formula is C20H25ClN4O3. The standard InChI is InChI=1S/C20H25ClN4O3/c1-24-17(20(27)28-2)13-16(18(24)14-6-3-7-15(21)12-14)19(26)22-8-4-10-25-11-5-9-23-25/h3,5-7,9,11-12,16-18H,4,8,10,13H2,1-2H3,(H,22,26)/t16-,17-,18-/m0/s1. The van der Waals surface area contributed by atoms with Gasteiger partial charge in [0.15, 0.2) is 0 Å². The molecular weight excluding hydrogens is 380 g/mol. The smallest absolute Gasteiger partial charge is 0.323 e. The van der Waals surface area contributed by atoms with Gasteiger partial charge in [0.25, 0.3) is 0 Å². The molecule has 1 aromatic carbocycles. The zero-order valence-corrected chi connectivity index (χ0v) is 16.8. The lowest BCUT2D eigenvalue weighted by Gasteiger charge is -2.27. The number of halogens is 1. The van der Waals surface area contributed by atoms with Crippen molar-refractivity contribution in [3.8, 4) is 0 Å². The van der Waals surface area contributed by atoms with E-state index in [0.717, 1.165) is 18.5 Å². The van der Waals surface area contributed by atoms with E-state index in [4.69, 9.17) is 16.3 Å². The lowest BCUT2D eigenvalue weighted by Crippen LogP contribution is -2.36. The van der Waals surface area contributed by atoms with Crippen LogP contribution in [0.1, 0.15) is 24.4 Å². The molecule has 0 saturated carbocycles. The minimum absolute atomic E-state index is 0.0660. The van der Waals surface area contributed by atoms with Crippen LogP contribution >= 0.6 is 11.6 Å². The Bertz CT molecular complexity index is 812. The molecule has 1 aliphatic rings. The Morgan fingerprint density at radius 1 is 1.36 bits per heavy atom. The third-order valence-corrected chi connectivity index (χ3v) is 5.45. The number of carbonyl (C=O) groups is 2. The Balaban J connectivity index is 1.69. The van der Waals surface area contributed by atoms with Crippen LogP contribution in [0.4, 0.5) is 0 Å². The molecule has 1 saturated heterocycles. The molecule has 0 unspecified atom stereocenters. The Hall–Kier alpha value is -2.38. The summed E-state index contributed by atoms with van der Waals surface area (Å²) in [5.41, 5.74) is 0.915. The highest BCUT2D eigenvalue weighted by Crippen LogP contribution is 2.41. The molecule has 1 N–H and O–H groups in total. The van der Waals surface area contributed by atoms with Crippen molar-refractivity contribution in [3.05, 3.63) is 53.3 Å². The predicted octanol–water partition coefficient (Wildman–Crippen LogP) is 2.28. The Kier molecular flexibility index (Phi) is 6.70. The van der Waals surface area contributed by atoms with Crippen LogP contribution in [0.5, 0.6) is 0 Å². The fourth-order valence-corrected chi connectivity index (χ4v) is 4.04. The van der Waals surface area contributed by atoms with Gasteiger partial charge < -0.3 is 10.1 Å². The van der Waals surface area contributed by atoms with Crippen LogP contribution in [0.2, 0.25) is 5.02 Å². The van der Waals surface area contributed by atoms with Crippen molar-refractivity contribution >= 4 is 23.5 Å². The van der Waals surface area contributed by atoms with Crippen molar-refractivity contribution in [3.63, 3.8) is 0 Å². The molecule has 1 amide bonds. The molecule has 8 heteroatoms. The first-order valence-corrected chi connectivity index (χ1v) is 9.69. The summed E-state index contributed by atoms with van der Waals surface area (Å²) in [6, 6.07) is 8.60. The summed E-state index contributed by atoms with van der Waals surface area (Å²) in [4.78, 5) is 27.0. The summed E-state index contributed by atoms with van der Waals surface area (Å²) < 4.78 is 6.76. The van der Waals surface area contributed by atoms with Crippen molar-refractivity contribution in [2.45, 2.75) is 31.5 Å². The average Bonchev–Trinajstić information content (AvgIpc) is 3.32. The molecule has 0 bridgehead atoms. The number of esters is 1. The number of nitrogens with zero attached hydrogens (tertiary/aromatic N) is 3. The second-order valence-corrected chi connectivity index (χ2v) is 7.40. The van der Waals surface area contributed by atoms with E-state index in [1.165, 1.54) is 7.11 Å². The monoisotopic (exact) mass is 404 g/mol. The average molecular weight is 405 g/mol. The second-order valence-electron chi connectivity index (χ2n) is 6.96. The number of amides is 1. The van der Waals surface area contributed by atoms with Crippen molar-refractivity contribution in [1.29, 1.82) is 0 Å². The first kappa shape index (κ1) is 20.4. The van der Waals surface area contributed by atoms with E-state index in [2.05, 4.69) is 10.4 Å². The fraction of sp³-hybridized carbons (Fsp3) is 0.450. The van der Waals surface area contributed by atoms with Crippen LogP contribution in [-0.4, -0.2) is 53.3 Å². The van der Waals surface area contributed by atoms with Gasteiger partial charge in [-0.2, -0.15) is 5.10 Å². The summed E-state index contributed by atoms with van der Waals surface area (Å²) >= 11 is 6.16. The van der Waals surface area contributed by atoms with Crippen LogP contribution in [0, 0.1) is 5.92 Å². The van der Waals surface area contributed by atoms with Gasteiger partial charge in [-0.1, -0.05) is 23.7 Å². The van der Waals surface area contributed by atoms with Crippen LogP contribution < -0.4 is 5.32 Å². The molecule has 150 valence electrons. The van der Waals surface area contributed by atoms with Gasteiger partial charge in [0.2, 0.25) is 5.91 Å². The molecule has 28 heavy (non-hydrogen) atoms. The number of likely N-dealkylation sites (tertiary alicyclic amines) is 1. The molecule has 3 rings (SSSR count). The normalized spacial score (nSPS) is 22.2. The molecule has 2 heterocycles. The van der Waals surface area contributed by atoms with Gasteiger partial charge >= 0.3 is 5.97 Å². The summed E-state index contributed by atoms with van der Waals surface area (Å²) in [7, 11) is 3.21. The van der Waals surface area contributed by atoms with Crippen LogP contribution in [-0.2, 0) is 20.9 Å². The minimum atomic E-state index is -0.464. The van der Waals surface area contributed by atoms with Crippen LogP contribution in [0.25, 0.3) is 0 Å². The number of hydrogen-bond donors (Lipinski definition) is 1. The number of benzene rings is 1. The first-order chi connectivity index (χ1) is 13.5. The van der Waals surface area contributed by atoms with Gasteiger partial charge in [-0.15, -0.1) is 0 Å². The number of likely N-dealkylation sites (N-methyl/N-ethyl adjacent to an activating group) is 1. The summed E-state index contributed by atoms with van der Waals surface area (Å²) in [6.07, 6.45) is 4.81. The summed E-state index contributed by atoms with van der Waals surface area (Å²) in [6.45, 7) is 1.28. The molecule has 1 aliphatic heterocycles. The number of rotatable bonds is 7. The van der Waals surface area contributed by atoms with Gasteiger partial charge in [-0.05, 0) is 43.7 Å². The number of ether oxygens (including phenoxy) is 1. The SMILES string of the molecule is COC(=O)[C@@H]1C[C@H](C(=O)NCCCn2cccn2)[C@H](c2cccc(Cl)c2)N1C. The third kappa shape index (κ3) is 4.54. The van der Waals surface area contributed by atoms with Crippen LogP contribution in [0.15, 0.2) is 42.7 Å². The van der Waals surface area contributed by atoms with Gasteiger partial charge in [-0.3, -0.25) is 19.2 Å². The molecule has 1 fully saturated rings. The first-order valence-electron chi connectivity index (χ1n) is 9.31. The largest absolute Gasteiger partial charge is 0.468 e. The second kappa shape index (κ2) is 9.21. The lowest BCUT2D eigenvalue weighted by atomic mass is 9.92. The number of nitrogens with one attached hydrogen (secondary N) is 1. The Labute approximate surface area is 169 Å². The fourth-order valence-electron chi connectivity index (χ4n) is 3.84. The van der Waals surface area contributed by atoms with Crippen molar-refractivity contribution < 1.29 is 14.3 Å². The van der Waals surface area contributed by atoms with Crippen LogP contribution in [0.3, 0.4) is 0 Å². The number of aromatic nitrogens is 2. The Morgan fingerprint density at radius 2 is 2.18 bits per heavy atom. The Morgan fingerprint density at radius 3 is 2.86 bits per heavy atom. The van der Waals surface area contributed by atoms with Gasteiger partial charge in [0.1, 0.15) is 6.04 Å². The van der Waals surface area contributed by atoms with E-state index in [-0.39, 0.29) is 23.8 Å². The van der Waals surface area contributed by atoms with Crippen molar-refractivity contribution in [2.75, 3.05) is 20.7 Å². The highest BCUT2D eigenvalue weighted by Gasteiger charge is 2.46. The molecule has 7 nitrogen and oxygen atoms in total. The zero-order valence-electron chi connectivity index (χ0n) is 16.0. The summed E-state index contributed by atoms with van der Waals surface area (Å²) in [5.74, 6) is -0.760. The third-order valence-electron chi connectivity index (χ3n) is 5.21. The van der Waals surface area contributed by atoms with E-state index in [1.807, 2.05) is 47.1 Å². The number of hydrogen-bond acceptors (Lipinski definition) is 5. The maximum atomic E-state index is 12.9. The van der Waals surface area contributed by atoms with Gasteiger partial charge in [0, 0.05) is 36.5 Å². The maximum Gasteiger partial charge on any atom is 0.323 e. The van der Waals surface area contributed by atoms with E-state index >= 15 is 0 Å². The lowest BCUT2D eigenvalue weighted by molar-refractivity contribution is -0.145. The molecule has 0 spiro atoms. The molecule has 1 aromatic heterocycles. The molecule has 0 radical (unpaired) electrons. The number of methoxy groups -OCH3 is 1. The van der Waals surface area contributed by atoms with Gasteiger partial charge in [-0.25, -0.2) is 0 Å². The van der Waals surface area contributed by atoms with E-state index in [1.54, 1.807) is 12.3 Å². The number of aryl methyl sites for hydroxylation is 1. The van der Waals surface area contributed by atoms with E-state index < -0.39 is 6.04 Å². The highest BCUT2D eigenvalue weighted by atomic mass is 35.5. The minimum Gasteiger partial charge on any atom is -0.468 e. The van der Waals surface area contributed by atoms with Crippen molar-refractivity contribution in [1.82, 2.24) is 20.0 Å². The molecule has 3 atom stereocenters. The molecule has 2 aromatic rings. The maximum absolute atomic E-state index is 12.9. The van der Waals surface area contributed by atoms with E-state index in [9.17, 15) is 9.59 Å². The van der Waals surface area contributed by atoms with E-state index in [0.29, 0.717) is 18.0 Å². The zero-order chi connectivity index (χ0) is 20.1. The highest BCUT2D eigenvalue weighted by molar-refractivity contribution is 6.30. The summed E-state index contributed by atoms with van der Waals surface area (Å²) in [5, 5.41) is 7.76. The van der Waals surface area contributed by atoms with Crippen molar-refractivity contribution in [2.24, 2.45) is 5.92 Å². The van der Waals surface area contributed by atoms with Gasteiger partial charge in [0.05, 0.1) is 13.0 Å². The predicted molar refractivity (Wildman–Crippen MR) is 106 cm³/mol.